The predicted octanol–water partition coefficient (Wildman–Crippen LogP) is 2.95. The second kappa shape index (κ2) is 6.68. The number of anilines is 1. The molecule has 3 aromatic rings. The van der Waals surface area contributed by atoms with E-state index in [1.807, 2.05) is 18.2 Å². The number of amides is 2. The Hall–Kier alpha value is -3.29. The Bertz CT molecular complexity index is 936. The Morgan fingerprint density at radius 2 is 1.76 bits per heavy atom. The molecule has 25 heavy (non-hydrogen) atoms. The minimum Gasteiger partial charge on any atom is -0.351 e. The maximum Gasteiger partial charge on any atom is 0.268 e. The SMILES string of the molecule is O=C(CNC(=O)c1cc2ccccc2[nH]1)Nc1ccc(F)c(F)c1F. The van der Waals surface area contributed by atoms with Crippen molar-refractivity contribution in [2.75, 3.05) is 11.9 Å². The molecule has 0 saturated carbocycles. The molecule has 2 amide bonds. The molecule has 5 nitrogen and oxygen atoms in total. The number of H-pyrrole nitrogens is 1. The van der Waals surface area contributed by atoms with E-state index in [9.17, 15) is 22.8 Å². The first-order valence-corrected chi connectivity index (χ1v) is 7.25. The summed E-state index contributed by atoms with van der Waals surface area (Å²) in [5.74, 6) is -5.86. The van der Waals surface area contributed by atoms with Crippen molar-refractivity contribution in [3.63, 3.8) is 0 Å². The summed E-state index contributed by atoms with van der Waals surface area (Å²) in [5, 5.41) is 5.25. The summed E-state index contributed by atoms with van der Waals surface area (Å²) in [6.45, 7) is -0.466. The van der Waals surface area contributed by atoms with Crippen molar-refractivity contribution < 1.29 is 22.8 Å². The molecule has 0 bridgehead atoms. The first-order chi connectivity index (χ1) is 12.0. The highest BCUT2D eigenvalue weighted by molar-refractivity contribution is 6.01. The van der Waals surface area contributed by atoms with Crippen LogP contribution in [0, 0.1) is 17.5 Å². The third kappa shape index (κ3) is 3.47. The molecule has 1 aromatic heterocycles. The standard InChI is InChI=1S/C17H12F3N3O2/c18-10-5-6-12(16(20)15(10)19)23-14(24)8-21-17(25)13-7-9-3-1-2-4-11(9)22-13/h1-7,22H,8H2,(H,21,25)(H,23,24). The molecular formula is C17H12F3N3O2. The van der Waals surface area contributed by atoms with Gasteiger partial charge in [-0.1, -0.05) is 18.2 Å². The van der Waals surface area contributed by atoms with Gasteiger partial charge in [0.25, 0.3) is 5.91 Å². The lowest BCUT2D eigenvalue weighted by atomic mass is 10.2. The van der Waals surface area contributed by atoms with Gasteiger partial charge in [-0.25, -0.2) is 13.2 Å². The maximum atomic E-state index is 13.5. The van der Waals surface area contributed by atoms with Gasteiger partial charge in [0.05, 0.1) is 12.2 Å². The van der Waals surface area contributed by atoms with Gasteiger partial charge in [-0.2, -0.15) is 0 Å². The molecule has 0 aliphatic heterocycles. The van der Waals surface area contributed by atoms with Crippen molar-refractivity contribution in [3.8, 4) is 0 Å². The van der Waals surface area contributed by atoms with Crippen LogP contribution in [0.3, 0.4) is 0 Å². The third-order valence-corrected chi connectivity index (χ3v) is 3.49. The van der Waals surface area contributed by atoms with Gasteiger partial charge in [0.15, 0.2) is 17.5 Å². The molecule has 2 aromatic carbocycles. The van der Waals surface area contributed by atoms with Gasteiger partial charge in [0, 0.05) is 10.9 Å². The number of hydrogen-bond donors (Lipinski definition) is 3. The van der Waals surface area contributed by atoms with E-state index in [0.29, 0.717) is 6.07 Å². The van der Waals surface area contributed by atoms with Crippen LogP contribution in [0.1, 0.15) is 10.5 Å². The number of hydrogen-bond acceptors (Lipinski definition) is 2. The van der Waals surface area contributed by atoms with Gasteiger partial charge in [-0.3, -0.25) is 9.59 Å². The Balaban J connectivity index is 1.62. The van der Waals surface area contributed by atoms with E-state index < -0.39 is 41.5 Å². The van der Waals surface area contributed by atoms with E-state index in [-0.39, 0.29) is 5.69 Å². The fourth-order valence-electron chi connectivity index (χ4n) is 2.27. The van der Waals surface area contributed by atoms with E-state index in [4.69, 9.17) is 0 Å². The average molecular weight is 347 g/mol. The zero-order valence-electron chi connectivity index (χ0n) is 12.7. The molecule has 0 unspecified atom stereocenters. The monoisotopic (exact) mass is 347 g/mol. The van der Waals surface area contributed by atoms with Gasteiger partial charge in [0.2, 0.25) is 5.91 Å². The molecule has 3 N–H and O–H groups in total. The first kappa shape index (κ1) is 16.6. The lowest BCUT2D eigenvalue weighted by Gasteiger charge is -2.08. The lowest BCUT2D eigenvalue weighted by Crippen LogP contribution is -2.33. The van der Waals surface area contributed by atoms with Gasteiger partial charge < -0.3 is 15.6 Å². The molecule has 8 heteroatoms. The van der Waals surface area contributed by atoms with E-state index in [1.54, 1.807) is 12.1 Å². The number of para-hydroxylation sites is 1. The minimum atomic E-state index is -1.68. The topological polar surface area (TPSA) is 74.0 Å². The van der Waals surface area contributed by atoms with Crippen LogP contribution in [0.5, 0.6) is 0 Å². The van der Waals surface area contributed by atoms with Crippen molar-refractivity contribution in [1.29, 1.82) is 0 Å². The highest BCUT2D eigenvalue weighted by atomic mass is 19.2. The highest BCUT2D eigenvalue weighted by Gasteiger charge is 2.16. The van der Waals surface area contributed by atoms with Crippen LogP contribution in [-0.2, 0) is 4.79 Å². The Morgan fingerprint density at radius 3 is 2.52 bits per heavy atom. The summed E-state index contributed by atoms with van der Waals surface area (Å²) < 4.78 is 39.4. The van der Waals surface area contributed by atoms with Crippen LogP contribution in [-0.4, -0.2) is 23.3 Å². The summed E-state index contributed by atoms with van der Waals surface area (Å²) in [6.07, 6.45) is 0. The van der Waals surface area contributed by atoms with Gasteiger partial charge in [0.1, 0.15) is 5.69 Å². The highest BCUT2D eigenvalue weighted by Crippen LogP contribution is 2.19. The summed E-state index contributed by atoms with van der Waals surface area (Å²) in [5.41, 5.74) is 0.512. The Labute approximate surface area is 139 Å². The van der Waals surface area contributed by atoms with E-state index >= 15 is 0 Å². The van der Waals surface area contributed by atoms with Crippen LogP contribution in [0.2, 0.25) is 0 Å². The normalized spacial score (nSPS) is 10.7. The van der Waals surface area contributed by atoms with Crippen LogP contribution in [0.15, 0.2) is 42.5 Å². The largest absolute Gasteiger partial charge is 0.351 e. The van der Waals surface area contributed by atoms with Gasteiger partial charge >= 0.3 is 0 Å². The molecule has 0 saturated heterocycles. The summed E-state index contributed by atoms with van der Waals surface area (Å²) in [7, 11) is 0. The van der Waals surface area contributed by atoms with Crippen LogP contribution < -0.4 is 10.6 Å². The number of nitrogens with one attached hydrogen (secondary N) is 3. The molecule has 3 rings (SSSR count). The second-order valence-corrected chi connectivity index (χ2v) is 5.22. The maximum absolute atomic E-state index is 13.5. The van der Waals surface area contributed by atoms with Crippen molar-refractivity contribution in [2.45, 2.75) is 0 Å². The van der Waals surface area contributed by atoms with Crippen LogP contribution in [0.25, 0.3) is 10.9 Å². The van der Waals surface area contributed by atoms with Crippen molar-refractivity contribution in [2.24, 2.45) is 0 Å². The quantitative estimate of drug-likeness (QED) is 0.635. The second-order valence-electron chi connectivity index (χ2n) is 5.22. The number of rotatable bonds is 4. The average Bonchev–Trinajstić information content (AvgIpc) is 3.04. The summed E-state index contributed by atoms with van der Waals surface area (Å²) in [6, 6.07) is 10.5. The fraction of sp³-hybridized carbons (Fsp3) is 0.0588. The number of benzene rings is 2. The molecule has 0 fully saturated rings. The summed E-state index contributed by atoms with van der Waals surface area (Å²) in [4.78, 5) is 26.7. The van der Waals surface area contributed by atoms with Crippen LogP contribution in [0.4, 0.5) is 18.9 Å². The van der Waals surface area contributed by atoms with Crippen molar-refractivity contribution >= 4 is 28.4 Å². The van der Waals surface area contributed by atoms with E-state index in [2.05, 4.69) is 15.6 Å². The summed E-state index contributed by atoms with van der Waals surface area (Å²) >= 11 is 0. The molecular weight excluding hydrogens is 335 g/mol. The third-order valence-electron chi connectivity index (χ3n) is 3.49. The molecule has 0 aliphatic rings. The number of halogens is 3. The van der Waals surface area contributed by atoms with Gasteiger partial charge in [-0.15, -0.1) is 0 Å². The molecule has 0 radical (unpaired) electrons. The van der Waals surface area contributed by atoms with E-state index in [1.165, 1.54) is 0 Å². The Morgan fingerprint density at radius 1 is 1.00 bits per heavy atom. The number of carbonyl (C=O) groups is 2. The smallest absolute Gasteiger partial charge is 0.268 e. The van der Waals surface area contributed by atoms with Gasteiger partial charge in [-0.05, 0) is 24.3 Å². The molecule has 1 heterocycles. The Kier molecular flexibility index (Phi) is 4.42. The number of carbonyl (C=O) groups excluding carboxylic acids is 2. The predicted molar refractivity (Wildman–Crippen MR) is 85.6 cm³/mol. The molecule has 0 spiro atoms. The zero-order chi connectivity index (χ0) is 18.0. The molecule has 0 atom stereocenters. The number of aromatic nitrogens is 1. The zero-order valence-corrected chi connectivity index (χ0v) is 12.7. The molecule has 128 valence electrons. The van der Waals surface area contributed by atoms with E-state index in [0.717, 1.165) is 17.0 Å². The molecule has 0 aliphatic carbocycles. The minimum absolute atomic E-state index is 0.257. The first-order valence-electron chi connectivity index (χ1n) is 7.25. The lowest BCUT2D eigenvalue weighted by molar-refractivity contribution is -0.115. The van der Waals surface area contributed by atoms with Crippen molar-refractivity contribution in [3.05, 3.63) is 65.6 Å². The number of fused-ring (bicyclic) bond motifs is 1. The van der Waals surface area contributed by atoms with Crippen molar-refractivity contribution in [1.82, 2.24) is 10.3 Å². The van der Waals surface area contributed by atoms with Crippen LogP contribution >= 0.6 is 0 Å². The fourth-order valence-corrected chi connectivity index (χ4v) is 2.27. The number of aromatic amines is 1.